The van der Waals surface area contributed by atoms with E-state index in [4.69, 9.17) is 0 Å². The normalized spacial score (nSPS) is 33.7. The molecule has 0 spiro atoms. The Kier molecular flexibility index (Phi) is 6.81. The number of aliphatic hydroxyl groups is 1. The number of amides is 3. The molecule has 3 amide bonds. The highest BCUT2D eigenvalue weighted by Gasteiger charge is 2.55. The largest absolute Gasteiger partial charge is 0.390 e. The fourth-order valence-corrected chi connectivity index (χ4v) is 7.61. The van der Waals surface area contributed by atoms with Gasteiger partial charge < -0.3 is 20.2 Å². The van der Waals surface area contributed by atoms with E-state index in [1.165, 1.54) is 12.1 Å². The number of nitrogens with one attached hydrogen (secondary N) is 1. The minimum Gasteiger partial charge on any atom is -0.390 e. The Labute approximate surface area is 208 Å². The summed E-state index contributed by atoms with van der Waals surface area (Å²) in [5, 5.41) is 14.2. The van der Waals surface area contributed by atoms with E-state index in [1.807, 2.05) is 23.6 Å². The van der Waals surface area contributed by atoms with Crippen LogP contribution in [0.3, 0.4) is 0 Å². The van der Waals surface area contributed by atoms with Crippen LogP contribution in [0.5, 0.6) is 0 Å². The average Bonchev–Trinajstić information content (AvgIpc) is 2.80. The van der Waals surface area contributed by atoms with Gasteiger partial charge in [-0.3, -0.25) is 4.79 Å². The predicted octanol–water partition coefficient (Wildman–Crippen LogP) is 3.97. The summed E-state index contributed by atoms with van der Waals surface area (Å²) in [4.78, 5) is 30.2. The summed E-state index contributed by atoms with van der Waals surface area (Å²) in [7, 11) is 0. The van der Waals surface area contributed by atoms with Crippen molar-refractivity contribution in [1.29, 1.82) is 0 Å². The van der Waals surface area contributed by atoms with Crippen LogP contribution in [0.15, 0.2) is 24.3 Å². The van der Waals surface area contributed by atoms with Gasteiger partial charge in [-0.05, 0) is 100 Å². The molecular weight excluding hydrogens is 445 g/mol. The van der Waals surface area contributed by atoms with Crippen LogP contribution in [0, 0.1) is 29.5 Å². The highest BCUT2D eigenvalue weighted by molar-refractivity contribution is 5.79. The van der Waals surface area contributed by atoms with Gasteiger partial charge in [0.15, 0.2) is 0 Å². The molecule has 192 valence electrons. The Balaban J connectivity index is 1.17. The Morgan fingerprint density at radius 1 is 1.17 bits per heavy atom. The van der Waals surface area contributed by atoms with E-state index < -0.39 is 5.60 Å². The Morgan fingerprint density at radius 3 is 2.49 bits per heavy atom. The lowest BCUT2D eigenvalue weighted by Gasteiger charge is -2.58. The number of hydrogen-bond donors (Lipinski definition) is 2. The molecule has 0 radical (unpaired) electrons. The summed E-state index contributed by atoms with van der Waals surface area (Å²) in [6.07, 6.45) is 7.06. The van der Waals surface area contributed by atoms with Crippen LogP contribution in [-0.4, -0.2) is 64.2 Å². The third kappa shape index (κ3) is 5.35. The molecule has 5 aliphatic rings. The molecular formula is C28H40FN3O3. The van der Waals surface area contributed by atoms with Crippen LogP contribution in [0.1, 0.15) is 64.4 Å². The lowest BCUT2D eigenvalue weighted by atomic mass is 9.52. The molecule has 4 saturated carbocycles. The fourth-order valence-electron chi connectivity index (χ4n) is 7.61. The van der Waals surface area contributed by atoms with Crippen LogP contribution >= 0.6 is 0 Å². The second kappa shape index (κ2) is 9.72. The first-order valence-corrected chi connectivity index (χ1v) is 13.5. The van der Waals surface area contributed by atoms with E-state index >= 15 is 0 Å². The maximum Gasteiger partial charge on any atom is 0.317 e. The number of nitrogens with zero attached hydrogens (tertiary/aromatic N) is 2. The van der Waals surface area contributed by atoms with Gasteiger partial charge in [0.05, 0.1) is 12.0 Å². The van der Waals surface area contributed by atoms with E-state index in [0.717, 1.165) is 57.1 Å². The van der Waals surface area contributed by atoms with Crippen LogP contribution in [0.25, 0.3) is 0 Å². The average molecular weight is 486 g/mol. The Hall–Kier alpha value is -2.15. The zero-order valence-corrected chi connectivity index (χ0v) is 21.1. The molecule has 1 saturated heterocycles. The van der Waals surface area contributed by atoms with Gasteiger partial charge in [-0.15, -0.1) is 0 Å². The van der Waals surface area contributed by atoms with Gasteiger partial charge in [0, 0.05) is 31.7 Å². The summed E-state index contributed by atoms with van der Waals surface area (Å²) in [5.74, 6) is 1.41. The zero-order valence-electron chi connectivity index (χ0n) is 21.1. The Bertz CT molecular complexity index is 920. The minimum atomic E-state index is -0.491. The maximum absolute atomic E-state index is 13.3. The van der Waals surface area contributed by atoms with Crippen LogP contribution in [0.4, 0.5) is 9.18 Å². The molecule has 6 rings (SSSR count). The molecule has 2 unspecified atom stereocenters. The molecule has 6 nitrogen and oxygen atoms in total. The number of hydrogen-bond acceptors (Lipinski definition) is 3. The van der Waals surface area contributed by atoms with Crippen LogP contribution in [0.2, 0.25) is 0 Å². The van der Waals surface area contributed by atoms with Gasteiger partial charge in [0.1, 0.15) is 5.82 Å². The SMILES string of the molecule is CC(C)N(C[C@H]1CCCN(C(=O)NC2C3CC4CC2CC(O)(C4)C3)C1)C(=O)Cc1ccc(F)cc1. The number of carbonyl (C=O) groups is 2. The molecule has 1 aliphatic heterocycles. The van der Waals surface area contributed by atoms with E-state index in [-0.39, 0.29) is 42.2 Å². The van der Waals surface area contributed by atoms with Crippen molar-refractivity contribution in [1.82, 2.24) is 15.1 Å². The van der Waals surface area contributed by atoms with Crippen molar-refractivity contribution in [2.75, 3.05) is 19.6 Å². The van der Waals surface area contributed by atoms with Crippen molar-refractivity contribution in [2.24, 2.45) is 23.7 Å². The molecule has 2 N–H and O–H groups in total. The summed E-state index contributed by atoms with van der Waals surface area (Å²) in [5.41, 5.74) is 0.321. The van der Waals surface area contributed by atoms with E-state index in [9.17, 15) is 19.1 Å². The van der Waals surface area contributed by atoms with E-state index in [1.54, 1.807) is 12.1 Å². The second-order valence-electron chi connectivity index (χ2n) is 12.1. The molecule has 1 aromatic carbocycles. The number of rotatable bonds is 6. The molecule has 1 heterocycles. The van der Waals surface area contributed by atoms with Gasteiger partial charge in [-0.1, -0.05) is 12.1 Å². The first-order valence-electron chi connectivity index (χ1n) is 13.5. The molecule has 3 atom stereocenters. The third-order valence-electron chi connectivity index (χ3n) is 9.00. The third-order valence-corrected chi connectivity index (χ3v) is 9.00. The maximum atomic E-state index is 13.3. The summed E-state index contributed by atoms with van der Waals surface area (Å²) < 4.78 is 13.2. The van der Waals surface area contributed by atoms with E-state index in [2.05, 4.69) is 5.32 Å². The number of urea groups is 1. The lowest BCUT2D eigenvalue weighted by Crippen LogP contribution is -2.63. The topological polar surface area (TPSA) is 72.9 Å². The monoisotopic (exact) mass is 485 g/mol. The van der Waals surface area contributed by atoms with Crippen molar-refractivity contribution < 1.29 is 19.1 Å². The van der Waals surface area contributed by atoms with Crippen molar-refractivity contribution in [2.45, 2.75) is 82.9 Å². The van der Waals surface area contributed by atoms with Crippen molar-refractivity contribution in [3.05, 3.63) is 35.6 Å². The van der Waals surface area contributed by atoms with Gasteiger partial charge in [-0.2, -0.15) is 0 Å². The fraction of sp³-hybridized carbons (Fsp3) is 0.714. The molecule has 4 aliphatic carbocycles. The van der Waals surface area contributed by atoms with Crippen LogP contribution in [-0.2, 0) is 11.2 Å². The number of benzene rings is 1. The smallest absolute Gasteiger partial charge is 0.317 e. The van der Waals surface area contributed by atoms with E-state index in [0.29, 0.717) is 30.8 Å². The molecule has 1 aromatic rings. The number of carbonyl (C=O) groups excluding carboxylic acids is 2. The predicted molar refractivity (Wildman–Crippen MR) is 132 cm³/mol. The minimum absolute atomic E-state index is 0.0212. The molecule has 0 aromatic heterocycles. The molecule has 4 bridgehead atoms. The van der Waals surface area contributed by atoms with Crippen LogP contribution < -0.4 is 5.32 Å². The highest BCUT2D eigenvalue weighted by Crippen LogP contribution is 2.55. The number of likely N-dealkylation sites (tertiary alicyclic amines) is 1. The van der Waals surface area contributed by atoms with Gasteiger partial charge in [0.25, 0.3) is 0 Å². The quantitative estimate of drug-likeness (QED) is 0.641. The first-order chi connectivity index (χ1) is 16.7. The lowest BCUT2D eigenvalue weighted by molar-refractivity contribution is -0.137. The first kappa shape index (κ1) is 24.5. The molecule has 35 heavy (non-hydrogen) atoms. The number of piperidine rings is 1. The molecule has 7 heteroatoms. The summed E-state index contributed by atoms with van der Waals surface area (Å²) in [6.45, 7) is 6.09. The van der Waals surface area contributed by atoms with Crippen molar-refractivity contribution >= 4 is 11.9 Å². The highest BCUT2D eigenvalue weighted by atomic mass is 19.1. The zero-order chi connectivity index (χ0) is 24.7. The summed E-state index contributed by atoms with van der Waals surface area (Å²) in [6, 6.07) is 6.39. The van der Waals surface area contributed by atoms with Gasteiger partial charge >= 0.3 is 6.03 Å². The standard InChI is InChI=1S/C28H40FN3O3/c1-18(2)32(25(33)12-19-5-7-24(29)8-6-19)17-20-4-3-9-31(16-20)27(34)30-26-22-10-21-11-23(26)15-28(35,13-21)14-22/h5-8,18,20-23,26,35H,3-4,9-17H2,1-2H3,(H,30,34)/t20-,21?,22?,23?,26?,28?/m0/s1. The second-order valence-corrected chi connectivity index (χ2v) is 12.1. The Morgan fingerprint density at radius 2 is 1.86 bits per heavy atom. The van der Waals surface area contributed by atoms with Crippen molar-refractivity contribution in [3.8, 4) is 0 Å². The summed E-state index contributed by atoms with van der Waals surface area (Å²) >= 11 is 0. The van der Waals surface area contributed by atoms with Gasteiger partial charge in [0.2, 0.25) is 5.91 Å². The van der Waals surface area contributed by atoms with Gasteiger partial charge in [-0.25, -0.2) is 9.18 Å². The molecule has 5 fully saturated rings. The number of halogens is 1. The van der Waals surface area contributed by atoms with Crippen molar-refractivity contribution in [3.63, 3.8) is 0 Å².